The minimum absolute atomic E-state index is 0.0400. The van der Waals surface area contributed by atoms with Crippen molar-refractivity contribution in [2.75, 3.05) is 0 Å². The Bertz CT molecular complexity index is 536. The topological polar surface area (TPSA) is 59.8 Å². The zero-order valence-corrected chi connectivity index (χ0v) is 11.5. The van der Waals surface area contributed by atoms with E-state index in [0.717, 1.165) is 19.3 Å². The molecule has 1 N–H and O–H groups in total. The molecule has 1 atom stereocenters. The number of nitrogens with one attached hydrogen (secondary N) is 1. The third kappa shape index (κ3) is 2.89. The van der Waals surface area contributed by atoms with Crippen LogP contribution >= 0.6 is 0 Å². The van der Waals surface area contributed by atoms with E-state index >= 15 is 0 Å². The lowest BCUT2D eigenvalue weighted by Crippen LogP contribution is -2.36. The Morgan fingerprint density at radius 1 is 1.29 bits per heavy atom. The first-order valence-electron chi connectivity index (χ1n) is 7.20. The summed E-state index contributed by atoms with van der Waals surface area (Å²) in [6.45, 7) is -0.00657. The predicted molar refractivity (Wildman–Crippen MR) is 67.1 cm³/mol. The lowest BCUT2D eigenvalue weighted by molar-refractivity contribution is -0.182. The Balaban J connectivity index is 1.65. The van der Waals surface area contributed by atoms with Gasteiger partial charge in [0.1, 0.15) is 5.82 Å². The molecule has 1 unspecified atom stereocenters. The van der Waals surface area contributed by atoms with Gasteiger partial charge < -0.3 is 9.88 Å². The minimum Gasteiger partial charge on any atom is -0.349 e. The number of hydrogen-bond donors (Lipinski definition) is 1. The number of rotatable bonds is 3. The maximum Gasteiger partial charge on any atom is 0.393 e. The van der Waals surface area contributed by atoms with Crippen LogP contribution in [0.15, 0.2) is 0 Å². The number of hydrogen-bond acceptors (Lipinski definition) is 3. The lowest BCUT2D eigenvalue weighted by Gasteiger charge is -2.27. The molecule has 2 heterocycles. The third-order valence-corrected chi connectivity index (χ3v) is 4.38. The fourth-order valence-electron chi connectivity index (χ4n) is 2.76. The van der Waals surface area contributed by atoms with Gasteiger partial charge in [0.25, 0.3) is 0 Å². The summed E-state index contributed by atoms with van der Waals surface area (Å²) in [6, 6.07) is 0. The van der Waals surface area contributed by atoms with Crippen molar-refractivity contribution in [3.63, 3.8) is 0 Å². The molecular weight excluding hydrogens is 285 g/mol. The van der Waals surface area contributed by atoms with Crippen LogP contribution in [0.25, 0.3) is 0 Å². The molecule has 1 aliphatic heterocycles. The van der Waals surface area contributed by atoms with Gasteiger partial charge in [0.15, 0.2) is 5.82 Å². The number of alkyl halides is 3. The van der Waals surface area contributed by atoms with Crippen molar-refractivity contribution in [2.24, 2.45) is 11.8 Å². The molecule has 1 saturated carbocycles. The largest absolute Gasteiger partial charge is 0.393 e. The first-order valence-corrected chi connectivity index (χ1v) is 7.20. The molecule has 1 aromatic heterocycles. The molecule has 1 aliphatic carbocycles. The highest BCUT2D eigenvalue weighted by atomic mass is 19.4. The van der Waals surface area contributed by atoms with Crippen LogP contribution in [0, 0.1) is 11.8 Å². The maximum atomic E-state index is 12.8. The molecule has 0 radical (unpaired) electrons. The van der Waals surface area contributed by atoms with Gasteiger partial charge in [-0.1, -0.05) is 6.42 Å². The second kappa shape index (κ2) is 5.31. The van der Waals surface area contributed by atoms with Crippen molar-refractivity contribution in [1.82, 2.24) is 20.1 Å². The summed E-state index contributed by atoms with van der Waals surface area (Å²) in [5.41, 5.74) is 0. The van der Waals surface area contributed by atoms with Crippen LogP contribution in [-0.4, -0.2) is 26.8 Å². The number of nitrogens with zero attached hydrogens (tertiary/aromatic N) is 3. The molecule has 5 nitrogen and oxygen atoms in total. The van der Waals surface area contributed by atoms with Gasteiger partial charge in [0, 0.05) is 18.9 Å². The number of aromatic nitrogens is 3. The molecule has 2 aliphatic rings. The molecule has 3 rings (SSSR count). The van der Waals surface area contributed by atoms with Crippen molar-refractivity contribution in [1.29, 1.82) is 0 Å². The van der Waals surface area contributed by atoms with E-state index in [1.54, 1.807) is 0 Å². The third-order valence-electron chi connectivity index (χ3n) is 4.38. The van der Waals surface area contributed by atoms with Gasteiger partial charge in [-0.3, -0.25) is 4.79 Å². The molecule has 21 heavy (non-hydrogen) atoms. The van der Waals surface area contributed by atoms with Gasteiger partial charge >= 0.3 is 6.18 Å². The van der Waals surface area contributed by atoms with Crippen molar-refractivity contribution in [2.45, 2.75) is 51.4 Å². The standard InChI is InChI=1S/C13H17F3N4O/c14-13(15,16)9-4-5-10-18-19-11(20(10)7-9)6-17-12(21)8-2-1-3-8/h8-9H,1-7H2,(H,17,21). The molecule has 8 heteroatoms. The summed E-state index contributed by atoms with van der Waals surface area (Å²) in [5, 5.41) is 10.6. The molecule has 116 valence electrons. The van der Waals surface area contributed by atoms with Crippen molar-refractivity contribution in [3.8, 4) is 0 Å². The van der Waals surface area contributed by atoms with Gasteiger partial charge in [-0.25, -0.2) is 0 Å². The number of fused-ring (bicyclic) bond motifs is 1. The highest BCUT2D eigenvalue weighted by Crippen LogP contribution is 2.34. The van der Waals surface area contributed by atoms with Crippen LogP contribution in [-0.2, 0) is 24.3 Å². The number of aryl methyl sites for hydroxylation is 1. The van der Waals surface area contributed by atoms with E-state index in [1.165, 1.54) is 4.57 Å². The van der Waals surface area contributed by atoms with E-state index in [1.807, 2.05) is 0 Å². The molecule has 0 bridgehead atoms. The fraction of sp³-hybridized carbons (Fsp3) is 0.769. The maximum absolute atomic E-state index is 12.8. The molecule has 0 spiro atoms. The highest BCUT2D eigenvalue weighted by molar-refractivity contribution is 5.79. The monoisotopic (exact) mass is 302 g/mol. The molecule has 0 saturated heterocycles. The SMILES string of the molecule is O=C(NCc1nnc2n1CC(C(F)(F)F)CC2)C1CCC1. The van der Waals surface area contributed by atoms with Crippen LogP contribution in [0.5, 0.6) is 0 Å². The van der Waals surface area contributed by atoms with Crippen molar-refractivity contribution < 1.29 is 18.0 Å². The molecule has 1 fully saturated rings. The average Bonchev–Trinajstić information content (AvgIpc) is 2.75. The number of amides is 1. The van der Waals surface area contributed by atoms with Gasteiger partial charge in [-0.2, -0.15) is 13.2 Å². The first-order chi connectivity index (χ1) is 9.95. The van der Waals surface area contributed by atoms with E-state index in [0.29, 0.717) is 11.6 Å². The van der Waals surface area contributed by atoms with E-state index in [4.69, 9.17) is 0 Å². The minimum atomic E-state index is -4.20. The van der Waals surface area contributed by atoms with Gasteiger partial charge in [0.2, 0.25) is 5.91 Å². The van der Waals surface area contributed by atoms with E-state index in [-0.39, 0.29) is 37.8 Å². The Kier molecular flexibility index (Phi) is 3.62. The summed E-state index contributed by atoms with van der Waals surface area (Å²) in [7, 11) is 0. The van der Waals surface area contributed by atoms with E-state index < -0.39 is 12.1 Å². The Labute approximate surface area is 119 Å². The zero-order valence-electron chi connectivity index (χ0n) is 11.5. The predicted octanol–water partition coefficient (Wildman–Crippen LogP) is 1.82. The van der Waals surface area contributed by atoms with Crippen LogP contribution in [0.2, 0.25) is 0 Å². The number of carbonyl (C=O) groups excluding carboxylic acids is 1. The van der Waals surface area contributed by atoms with Gasteiger partial charge in [-0.05, 0) is 19.3 Å². The normalized spacial score (nSPS) is 22.5. The summed E-state index contributed by atoms with van der Waals surface area (Å²) < 4.78 is 40.0. The van der Waals surface area contributed by atoms with Crippen LogP contribution < -0.4 is 5.32 Å². The molecule has 0 aromatic carbocycles. The first kappa shape index (κ1) is 14.3. The quantitative estimate of drug-likeness (QED) is 0.926. The Morgan fingerprint density at radius 2 is 2.05 bits per heavy atom. The van der Waals surface area contributed by atoms with Gasteiger partial charge in [-0.15, -0.1) is 10.2 Å². The average molecular weight is 302 g/mol. The Hall–Kier alpha value is -1.60. The number of halogens is 3. The number of carbonyl (C=O) groups is 1. The highest BCUT2D eigenvalue weighted by Gasteiger charge is 2.42. The lowest BCUT2D eigenvalue weighted by atomic mass is 9.85. The summed E-state index contributed by atoms with van der Waals surface area (Å²) in [6.07, 6.45) is -1.04. The van der Waals surface area contributed by atoms with E-state index in [9.17, 15) is 18.0 Å². The summed E-state index contributed by atoms with van der Waals surface area (Å²) in [4.78, 5) is 11.8. The van der Waals surface area contributed by atoms with Crippen molar-refractivity contribution >= 4 is 5.91 Å². The van der Waals surface area contributed by atoms with Crippen molar-refractivity contribution in [3.05, 3.63) is 11.6 Å². The second-order valence-electron chi connectivity index (χ2n) is 5.77. The van der Waals surface area contributed by atoms with E-state index in [2.05, 4.69) is 15.5 Å². The Morgan fingerprint density at radius 3 is 2.67 bits per heavy atom. The zero-order chi connectivity index (χ0) is 15.0. The molecule has 1 amide bonds. The molecular formula is C13H17F3N4O. The fourth-order valence-corrected chi connectivity index (χ4v) is 2.76. The summed E-state index contributed by atoms with van der Waals surface area (Å²) in [5.74, 6) is -0.365. The second-order valence-corrected chi connectivity index (χ2v) is 5.77. The molecule has 1 aromatic rings. The summed E-state index contributed by atoms with van der Waals surface area (Å²) >= 11 is 0. The van der Waals surface area contributed by atoms with Gasteiger partial charge in [0.05, 0.1) is 12.5 Å². The smallest absolute Gasteiger partial charge is 0.349 e. The van der Waals surface area contributed by atoms with Crippen LogP contribution in [0.3, 0.4) is 0 Å². The van der Waals surface area contributed by atoms with Crippen LogP contribution in [0.1, 0.15) is 37.3 Å². The van der Waals surface area contributed by atoms with Crippen LogP contribution in [0.4, 0.5) is 13.2 Å².